The predicted octanol–water partition coefficient (Wildman–Crippen LogP) is 4.12. The van der Waals surface area contributed by atoms with Crippen molar-refractivity contribution in [3.63, 3.8) is 0 Å². The van der Waals surface area contributed by atoms with Crippen molar-refractivity contribution in [3.05, 3.63) is 69.7 Å². The standard InChI is InChI=1S/C25H24ClNO4/c1-25(11-10-21(29)14-23(25)30)27-15-18-12-16(5-9-22(18)24(27)31)4-8-20(28)13-17-2-6-19(26)7-3-17/h2-3,5-7,9,12H,4,8,10-11,13-15H2,1H3/t25-/m0/s1. The lowest BCUT2D eigenvalue weighted by Gasteiger charge is -2.39. The van der Waals surface area contributed by atoms with Gasteiger partial charge < -0.3 is 4.90 Å². The van der Waals surface area contributed by atoms with Gasteiger partial charge in [0.05, 0.1) is 6.42 Å². The van der Waals surface area contributed by atoms with E-state index in [1.165, 1.54) is 0 Å². The summed E-state index contributed by atoms with van der Waals surface area (Å²) in [5, 5.41) is 0.647. The number of rotatable bonds is 6. The maximum absolute atomic E-state index is 13.0. The molecule has 6 heteroatoms. The van der Waals surface area contributed by atoms with Gasteiger partial charge in [-0.2, -0.15) is 0 Å². The third-order valence-corrected chi connectivity index (χ3v) is 6.68. The molecule has 1 saturated carbocycles. The van der Waals surface area contributed by atoms with Crippen LogP contribution in [0.1, 0.15) is 59.7 Å². The van der Waals surface area contributed by atoms with Crippen molar-refractivity contribution in [2.24, 2.45) is 0 Å². The van der Waals surface area contributed by atoms with Crippen LogP contribution in [0.3, 0.4) is 0 Å². The van der Waals surface area contributed by atoms with Crippen LogP contribution in [0.4, 0.5) is 0 Å². The lowest BCUT2D eigenvalue weighted by Crippen LogP contribution is -2.55. The summed E-state index contributed by atoms with van der Waals surface area (Å²) in [6.45, 7) is 2.12. The second-order valence-electron chi connectivity index (χ2n) is 8.64. The van der Waals surface area contributed by atoms with E-state index in [-0.39, 0.29) is 29.7 Å². The van der Waals surface area contributed by atoms with Crippen LogP contribution in [0.5, 0.6) is 0 Å². The second-order valence-corrected chi connectivity index (χ2v) is 9.07. The highest BCUT2D eigenvalue weighted by Gasteiger charge is 2.47. The molecule has 31 heavy (non-hydrogen) atoms. The number of hydrogen-bond acceptors (Lipinski definition) is 4. The number of aryl methyl sites for hydroxylation is 1. The van der Waals surface area contributed by atoms with Crippen molar-refractivity contribution in [1.29, 1.82) is 0 Å². The zero-order valence-corrected chi connectivity index (χ0v) is 18.2. The van der Waals surface area contributed by atoms with Crippen molar-refractivity contribution >= 4 is 34.9 Å². The molecule has 1 amide bonds. The van der Waals surface area contributed by atoms with E-state index in [2.05, 4.69) is 0 Å². The summed E-state index contributed by atoms with van der Waals surface area (Å²) >= 11 is 5.88. The van der Waals surface area contributed by atoms with Gasteiger partial charge in [0.2, 0.25) is 0 Å². The number of ketones is 3. The van der Waals surface area contributed by atoms with Crippen LogP contribution in [-0.4, -0.2) is 33.7 Å². The molecule has 1 aliphatic carbocycles. The number of carbonyl (C=O) groups is 4. The molecule has 0 spiro atoms. The SMILES string of the molecule is C[C@]1(N2Cc3cc(CCC(=O)Cc4ccc(Cl)cc4)ccc3C2=O)CCC(=O)CC1=O. The highest BCUT2D eigenvalue weighted by Crippen LogP contribution is 2.36. The van der Waals surface area contributed by atoms with E-state index in [1.54, 1.807) is 30.0 Å². The van der Waals surface area contributed by atoms with Crippen molar-refractivity contribution < 1.29 is 19.2 Å². The van der Waals surface area contributed by atoms with E-state index in [0.29, 0.717) is 49.2 Å². The zero-order valence-electron chi connectivity index (χ0n) is 17.4. The molecule has 0 aromatic heterocycles. The van der Waals surface area contributed by atoms with Crippen LogP contribution in [0.15, 0.2) is 42.5 Å². The summed E-state index contributed by atoms with van der Waals surface area (Å²) in [7, 11) is 0. The highest BCUT2D eigenvalue weighted by molar-refractivity contribution is 6.30. The number of carbonyl (C=O) groups excluding carboxylic acids is 4. The Labute approximate surface area is 186 Å². The maximum atomic E-state index is 13.0. The Kier molecular flexibility index (Phi) is 5.80. The maximum Gasteiger partial charge on any atom is 0.255 e. The van der Waals surface area contributed by atoms with Gasteiger partial charge in [-0.15, -0.1) is 0 Å². The number of hydrogen-bond donors (Lipinski definition) is 0. The number of halogens is 1. The Morgan fingerprint density at radius 1 is 1.06 bits per heavy atom. The number of amides is 1. The Morgan fingerprint density at radius 2 is 1.77 bits per heavy atom. The Bertz CT molecular complexity index is 1080. The summed E-state index contributed by atoms with van der Waals surface area (Å²) in [6, 6.07) is 12.9. The smallest absolute Gasteiger partial charge is 0.255 e. The molecule has 0 bridgehead atoms. The van der Waals surface area contributed by atoms with Gasteiger partial charge in [0.15, 0.2) is 5.78 Å². The van der Waals surface area contributed by atoms with Gasteiger partial charge in [-0.3, -0.25) is 19.2 Å². The minimum atomic E-state index is -0.932. The van der Waals surface area contributed by atoms with Crippen LogP contribution in [0.25, 0.3) is 0 Å². The normalized spacial score (nSPS) is 20.8. The first-order valence-electron chi connectivity index (χ1n) is 10.5. The van der Waals surface area contributed by atoms with E-state index in [4.69, 9.17) is 11.6 Å². The number of Topliss-reactive ketones (excluding diaryl/α,β-unsaturated/α-hetero) is 3. The molecular formula is C25H24ClNO4. The summed E-state index contributed by atoms with van der Waals surface area (Å²) in [5.74, 6) is -0.258. The summed E-state index contributed by atoms with van der Waals surface area (Å²) in [6.07, 6.45) is 1.97. The quantitative estimate of drug-likeness (QED) is 0.637. The van der Waals surface area contributed by atoms with Crippen molar-refractivity contribution in [2.75, 3.05) is 0 Å². The Hall–Kier alpha value is -2.79. The minimum absolute atomic E-state index is 0.0582. The van der Waals surface area contributed by atoms with Gasteiger partial charge in [-0.05, 0) is 54.7 Å². The van der Waals surface area contributed by atoms with Crippen LogP contribution < -0.4 is 0 Å². The third-order valence-electron chi connectivity index (χ3n) is 6.43. The first kappa shape index (κ1) is 21.4. The largest absolute Gasteiger partial charge is 0.322 e. The monoisotopic (exact) mass is 437 g/mol. The number of fused-ring (bicyclic) bond motifs is 1. The van der Waals surface area contributed by atoms with Crippen LogP contribution in [-0.2, 0) is 33.8 Å². The Balaban J connectivity index is 1.41. The second kappa shape index (κ2) is 8.39. The van der Waals surface area contributed by atoms with Gasteiger partial charge in [0, 0.05) is 36.4 Å². The molecule has 2 aromatic rings. The molecule has 160 valence electrons. The molecule has 0 unspecified atom stereocenters. The molecule has 2 aromatic carbocycles. The average molecular weight is 438 g/mol. The van der Waals surface area contributed by atoms with Crippen LogP contribution >= 0.6 is 11.6 Å². The molecule has 1 atom stereocenters. The van der Waals surface area contributed by atoms with Crippen molar-refractivity contribution in [2.45, 2.75) is 57.5 Å². The summed E-state index contributed by atoms with van der Waals surface area (Å²) in [4.78, 5) is 51.1. The predicted molar refractivity (Wildman–Crippen MR) is 117 cm³/mol. The number of benzene rings is 2. The lowest BCUT2D eigenvalue weighted by molar-refractivity contribution is -0.138. The third kappa shape index (κ3) is 4.33. The fraction of sp³-hybridized carbons (Fsp3) is 0.360. The summed E-state index contributed by atoms with van der Waals surface area (Å²) < 4.78 is 0. The summed E-state index contributed by atoms with van der Waals surface area (Å²) in [5.41, 5.74) is 2.47. The first-order chi connectivity index (χ1) is 14.8. The molecule has 1 aliphatic heterocycles. The van der Waals surface area contributed by atoms with E-state index < -0.39 is 5.54 Å². The van der Waals surface area contributed by atoms with Crippen molar-refractivity contribution in [1.82, 2.24) is 4.90 Å². The van der Waals surface area contributed by atoms with Crippen molar-refractivity contribution in [3.8, 4) is 0 Å². The molecule has 5 nitrogen and oxygen atoms in total. The number of nitrogens with zero attached hydrogens (tertiary/aromatic N) is 1. The molecule has 1 fully saturated rings. The average Bonchev–Trinajstić information content (AvgIpc) is 3.08. The van der Waals surface area contributed by atoms with Gasteiger partial charge in [0.1, 0.15) is 17.1 Å². The molecule has 0 N–H and O–H groups in total. The van der Waals surface area contributed by atoms with E-state index in [9.17, 15) is 19.2 Å². The molecule has 2 aliphatic rings. The minimum Gasteiger partial charge on any atom is -0.322 e. The van der Waals surface area contributed by atoms with E-state index >= 15 is 0 Å². The molecule has 0 saturated heterocycles. The van der Waals surface area contributed by atoms with Gasteiger partial charge in [0.25, 0.3) is 5.91 Å². The van der Waals surface area contributed by atoms with Crippen LogP contribution in [0, 0.1) is 0 Å². The molecular weight excluding hydrogens is 414 g/mol. The topological polar surface area (TPSA) is 71.5 Å². The molecule has 4 rings (SSSR count). The van der Waals surface area contributed by atoms with E-state index in [1.807, 2.05) is 24.3 Å². The Morgan fingerprint density at radius 3 is 2.48 bits per heavy atom. The van der Waals surface area contributed by atoms with Crippen LogP contribution in [0.2, 0.25) is 5.02 Å². The van der Waals surface area contributed by atoms with E-state index in [0.717, 1.165) is 16.7 Å². The fourth-order valence-electron chi connectivity index (χ4n) is 4.40. The van der Waals surface area contributed by atoms with Gasteiger partial charge in [-0.1, -0.05) is 35.9 Å². The molecule has 0 radical (unpaired) electrons. The van der Waals surface area contributed by atoms with Gasteiger partial charge in [-0.25, -0.2) is 0 Å². The van der Waals surface area contributed by atoms with Gasteiger partial charge >= 0.3 is 0 Å². The first-order valence-corrected chi connectivity index (χ1v) is 10.9. The highest BCUT2D eigenvalue weighted by atomic mass is 35.5. The molecule has 1 heterocycles. The fourth-order valence-corrected chi connectivity index (χ4v) is 4.52. The zero-order chi connectivity index (χ0) is 22.2. The lowest BCUT2D eigenvalue weighted by atomic mass is 9.80.